The Morgan fingerprint density at radius 2 is 2.27 bits per heavy atom. The van der Waals surface area contributed by atoms with Crippen molar-refractivity contribution in [1.82, 2.24) is 9.78 Å². The van der Waals surface area contributed by atoms with E-state index in [-0.39, 0.29) is 0 Å². The first-order valence-corrected chi connectivity index (χ1v) is 5.97. The number of aryl methyl sites for hydroxylation is 1. The Labute approximate surface area is 91.7 Å². The molecule has 1 saturated carbocycles. The quantitative estimate of drug-likeness (QED) is 0.817. The number of rotatable bonds is 4. The van der Waals surface area contributed by atoms with Crippen LogP contribution in [0.4, 0.5) is 0 Å². The van der Waals surface area contributed by atoms with Gasteiger partial charge < -0.3 is 5.73 Å². The Morgan fingerprint density at radius 3 is 2.80 bits per heavy atom. The highest BCUT2D eigenvalue weighted by Gasteiger charge is 2.24. The van der Waals surface area contributed by atoms with Crippen LogP contribution in [0.3, 0.4) is 0 Å². The van der Waals surface area contributed by atoms with Crippen molar-refractivity contribution in [3.63, 3.8) is 0 Å². The predicted molar refractivity (Wildman–Crippen MR) is 61.4 cm³/mol. The van der Waals surface area contributed by atoms with Crippen molar-refractivity contribution in [3.05, 3.63) is 18.0 Å². The van der Waals surface area contributed by atoms with E-state index in [0.29, 0.717) is 5.92 Å². The zero-order valence-corrected chi connectivity index (χ0v) is 9.52. The molecule has 84 valence electrons. The van der Waals surface area contributed by atoms with Gasteiger partial charge in [-0.15, -0.1) is 0 Å². The molecule has 1 atom stereocenters. The van der Waals surface area contributed by atoms with Gasteiger partial charge in [0.2, 0.25) is 0 Å². The van der Waals surface area contributed by atoms with Crippen LogP contribution in [-0.4, -0.2) is 16.3 Å². The summed E-state index contributed by atoms with van der Waals surface area (Å²) in [6.07, 6.45) is 10.7. The molecular formula is C12H21N3. The molecule has 1 aromatic rings. The van der Waals surface area contributed by atoms with Crippen molar-refractivity contribution >= 4 is 0 Å². The van der Waals surface area contributed by atoms with E-state index >= 15 is 0 Å². The second-order valence-corrected chi connectivity index (χ2v) is 4.77. The molecule has 0 saturated heterocycles. The molecule has 1 aromatic heterocycles. The molecule has 1 aliphatic rings. The maximum absolute atomic E-state index is 5.88. The molecule has 0 amide bonds. The van der Waals surface area contributed by atoms with Crippen LogP contribution >= 0.6 is 0 Å². The monoisotopic (exact) mass is 207 g/mol. The van der Waals surface area contributed by atoms with Crippen LogP contribution in [0.15, 0.2) is 12.4 Å². The molecular weight excluding hydrogens is 186 g/mol. The fourth-order valence-electron chi connectivity index (χ4n) is 2.75. The Hall–Kier alpha value is -0.830. The number of hydrogen-bond acceptors (Lipinski definition) is 2. The lowest BCUT2D eigenvalue weighted by Gasteiger charge is -2.20. The topological polar surface area (TPSA) is 43.8 Å². The molecule has 1 heterocycles. The molecule has 0 bridgehead atoms. The molecule has 1 unspecified atom stereocenters. The maximum Gasteiger partial charge on any atom is 0.0521 e. The smallest absolute Gasteiger partial charge is 0.0521 e. The minimum atomic E-state index is 0.664. The molecule has 0 spiro atoms. The second kappa shape index (κ2) is 4.79. The lowest BCUT2D eigenvalue weighted by molar-refractivity contribution is 0.344. The summed E-state index contributed by atoms with van der Waals surface area (Å²) in [5.74, 6) is 1.52. The lowest BCUT2D eigenvalue weighted by atomic mass is 9.86. The van der Waals surface area contributed by atoms with Crippen LogP contribution in [-0.2, 0) is 13.5 Å². The van der Waals surface area contributed by atoms with E-state index in [2.05, 4.69) is 11.3 Å². The first kappa shape index (κ1) is 10.7. The molecule has 1 fully saturated rings. The van der Waals surface area contributed by atoms with Crippen LogP contribution < -0.4 is 5.73 Å². The third kappa shape index (κ3) is 2.59. The van der Waals surface area contributed by atoms with Crippen molar-refractivity contribution < 1.29 is 0 Å². The number of nitrogens with two attached hydrogens (primary N) is 1. The normalized spacial score (nSPS) is 19.6. The molecule has 3 heteroatoms. The summed E-state index contributed by atoms with van der Waals surface area (Å²) in [7, 11) is 1.97. The summed E-state index contributed by atoms with van der Waals surface area (Å²) in [6.45, 7) is 0.819. The molecule has 3 nitrogen and oxygen atoms in total. The van der Waals surface area contributed by atoms with Crippen molar-refractivity contribution in [2.75, 3.05) is 6.54 Å². The van der Waals surface area contributed by atoms with Crippen LogP contribution in [0, 0.1) is 11.8 Å². The number of nitrogens with zero attached hydrogens (tertiary/aromatic N) is 2. The standard InChI is InChI=1S/C12H21N3/c1-15-9-10(8-14-15)6-12(7-13)11-4-2-3-5-11/h8-9,11-12H,2-7,13H2,1H3. The van der Waals surface area contributed by atoms with Crippen molar-refractivity contribution in [2.45, 2.75) is 32.1 Å². The average Bonchev–Trinajstić information content (AvgIpc) is 2.85. The Kier molecular flexibility index (Phi) is 3.41. The molecule has 0 aliphatic heterocycles. The van der Waals surface area contributed by atoms with Gasteiger partial charge in [0, 0.05) is 13.2 Å². The molecule has 1 aliphatic carbocycles. The van der Waals surface area contributed by atoms with E-state index in [4.69, 9.17) is 5.73 Å². The fourth-order valence-corrected chi connectivity index (χ4v) is 2.75. The number of aromatic nitrogens is 2. The van der Waals surface area contributed by atoms with Crippen molar-refractivity contribution in [1.29, 1.82) is 0 Å². The van der Waals surface area contributed by atoms with Gasteiger partial charge in [0.15, 0.2) is 0 Å². The highest BCUT2D eigenvalue weighted by molar-refractivity contribution is 5.05. The van der Waals surface area contributed by atoms with Gasteiger partial charge >= 0.3 is 0 Å². The molecule has 2 N–H and O–H groups in total. The van der Waals surface area contributed by atoms with Gasteiger partial charge in [-0.2, -0.15) is 5.10 Å². The van der Waals surface area contributed by atoms with Crippen LogP contribution in [0.5, 0.6) is 0 Å². The summed E-state index contributed by atoms with van der Waals surface area (Å²) in [5, 5.41) is 4.21. The van der Waals surface area contributed by atoms with E-state index in [1.807, 2.05) is 17.9 Å². The van der Waals surface area contributed by atoms with Gasteiger partial charge in [-0.1, -0.05) is 25.7 Å². The summed E-state index contributed by atoms with van der Waals surface area (Å²) in [6, 6.07) is 0. The van der Waals surface area contributed by atoms with E-state index in [1.165, 1.54) is 31.2 Å². The van der Waals surface area contributed by atoms with Gasteiger partial charge in [-0.3, -0.25) is 4.68 Å². The highest BCUT2D eigenvalue weighted by Crippen LogP contribution is 2.32. The Morgan fingerprint density at radius 1 is 1.53 bits per heavy atom. The average molecular weight is 207 g/mol. The summed E-state index contributed by atoms with van der Waals surface area (Å²) < 4.78 is 1.87. The zero-order valence-electron chi connectivity index (χ0n) is 9.52. The summed E-state index contributed by atoms with van der Waals surface area (Å²) >= 11 is 0. The van der Waals surface area contributed by atoms with Crippen LogP contribution in [0.1, 0.15) is 31.2 Å². The minimum Gasteiger partial charge on any atom is -0.330 e. The predicted octanol–water partition coefficient (Wildman–Crippen LogP) is 1.73. The number of hydrogen-bond donors (Lipinski definition) is 1. The lowest BCUT2D eigenvalue weighted by Crippen LogP contribution is -2.23. The molecule has 2 rings (SSSR count). The van der Waals surface area contributed by atoms with Gasteiger partial charge in [0.25, 0.3) is 0 Å². The highest BCUT2D eigenvalue weighted by atomic mass is 15.2. The SMILES string of the molecule is Cn1cc(CC(CN)C2CCCC2)cn1. The maximum atomic E-state index is 5.88. The first-order valence-electron chi connectivity index (χ1n) is 5.97. The van der Waals surface area contributed by atoms with E-state index in [0.717, 1.165) is 18.9 Å². The zero-order chi connectivity index (χ0) is 10.7. The Balaban J connectivity index is 1.95. The molecule has 15 heavy (non-hydrogen) atoms. The third-order valence-electron chi connectivity index (χ3n) is 3.63. The van der Waals surface area contributed by atoms with Gasteiger partial charge in [-0.25, -0.2) is 0 Å². The third-order valence-corrected chi connectivity index (χ3v) is 3.63. The van der Waals surface area contributed by atoms with Crippen molar-refractivity contribution in [2.24, 2.45) is 24.6 Å². The van der Waals surface area contributed by atoms with E-state index < -0.39 is 0 Å². The van der Waals surface area contributed by atoms with Gasteiger partial charge in [-0.05, 0) is 30.4 Å². The van der Waals surface area contributed by atoms with Crippen LogP contribution in [0.25, 0.3) is 0 Å². The largest absolute Gasteiger partial charge is 0.330 e. The first-order chi connectivity index (χ1) is 7.29. The molecule has 0 aromatic carbocycles. The summed E-state index contributed by atoms with van der Waals surface area (Å²) in [5.41, 5.74) is 7.21. The van der Waals surface area contributed by atoms with Crippen LogP contribution in [0.2, 0.25) is 0 Å². The van der Waals surface area contributed by atoms with Gasteiger partial charge in [0.1, 0.15) is 0 Å². The van der Waals surface area contributed by atoms with E-state index in [9.17, 15) is 0 Å². The Bertz CT molecular complexity index is 300. The summed E-state index contributed by atoms with van der Waals surface area (Å²) in [4.78, 5) is 0. The fraction of sp³-hybridized carbons (Fsp3) is 0.750. The second-order valence-electron chi connectivity index (χ2n) is 4.77. The molecule has 0 radical (unpaired) electrons. The van der Waals surface area contributed by atoms with E-state index in [1.54, 1.807) is 0 Å². The van der Waals surface area contributed by atoms with Crippen molar-refractivity contribution in [3.8, 4) is 0 Å². The van der Waals surface area contributed by atoms with Gasteiger partial charge in [0.05, 0.1) is 6.20 Å². The minimum absolute atomic E-state index is 0.664.